The topological polar surface area (TPSA) is 9.23 Å². The van der Waals surface area contributed by atoms with Crippen molar-refractivity contribution in [2.24, 2.45) is 0 Å². The molecule has 0 aliphatic carbocycles. The van der Waals surface area contributed by atoms with Crippen molar-refractivity contribution < 1.29 is 4.74 Å². The van der Waals surface area contributed by atoms with E-state index in [4.69, 9.17) is 4.74 Å². The fourth-order valence-corrected chi connectivity index (χ4v) is 3.89. The molecular formula is C26H30O. The molecule has 0 bridgehead atoms. The first-order valence-corrected chi connectivity index (χ1v) is 9.92. The van der Waals surface area contributed by atoms with Gasteiger partial charge < -0.3 is 4.74 Å². The lowest BCUT2D eigenvalue weighted by Crippen LogP contribution is -2.11. The molecule has 27 heavy (non-hydrogen) atoms. The minimum atomic E-state index is 0.150. The highest BCUT2D eigenvalue weighted by atomic mass is 16.5. The molecule has 1 nitrogen and oxygen atoms in total. The summed E-state index contributed by atoms with van der Waals surface area (Å²) in [6.45, 7) is 14.9. The van der Waals surface area contributed by atoms with Crippen LogP contribution in [-0.2, 0) is 28.8 Å². The van der Waals surface area contributed by atoms with Gasteiger partial charge in [-0.25, -0.2) is 0 Å². The van der Waals surface area contributed by atoms with Crippen molar-refractivity contribution in [1.29, 1.82) is 0 Å². The smallest absolute Gasteiger partial charge is 0.0727 e. The number of hydrogen-bond donors (Lipinski definition) is 0. The van der Waals surface area contributed by atoms with Crippen molar-refractivity contribution in [1.82, 2.24) is 0 Å². The maximum atomic E-state index is 6.06. The van der Waals surface area contributed by atoms with E-state index < -0.39 is 0 Å². The molecule has 1 heterocycles. The molecule has 140 valence electrons. The van der Waals surface area contributed by atoms with E-state index in [1.165, 1.54) is 44.2 Å². The molecule has 0 N–H and O–H groups in total. The molecular weight excluding hydrogens is 328 g/mol. The number of hydrogen-bond acceptors (Lipinski definition) is 1. The van der Waals surface area contributed by atoms with Gasteiger partial charge in [0.25, 0.3) is 0 Å². The standard InChI is InChI=1S/C26H30O/c1-25(2,3)21-8-7-17-14-24-19(11-18(17)12-21)15-27-16-20-13-22(26(4,5)6)9-10-23(20)24/h7-14H,15-16H2,1-6H3. The zero-order chi connectivity index (χ0) is 19.4. The third-order valence-corrected chi connectivity index (χ3v) is 5.70. The Balaban J connectivity index is 1.88. The van der Waals surface area contributed by atoms with E-state index in [2.05, 4.69) is 90.1 Å². The van der Waals surface area contributed by atoms with E-state index in [1.54, 1.807) is 0 Å². The first-order valence-electron chi connectivity index (χ1n) is 9.92. The highest BCUT2D eigenvalue weighted by molar-refractivity contribution is 5.90. The fourth-order valence-electron chi connectivity index (χ4n) is 3.89. The Kier molecular flexibility index (Phi) is 4.20. The van der Waals surface area contributed by atoms with Crippen LogP contribution in [0.1, 0.15) is 63.8 Å². The molecule has 3 aromatic rings. The van der Waals surface area contributed by atoms with Crippen molar-refractivity contribution in [3.63, 3.8) is 0 Å². The van der Waals surface area contributed by atoms with Gasteiger partial charge in [0, 0.05) is 0 Å². The monoisotopic (exact) mass is 358 g/mol. The van der Waals surface area contributed by atoms with Crippen molar-refractivity contribution in [3.8, 4) is 11.1 Å². The molecule has 1 aliphatic heterocycles. The second-order valence-corrected chi connectivity index (χ2v) is 9.94. The summed E-state index contributed by atoms with van der Waals surface area (Å²) in [6.07, 6.45) is 0. The van der Waals surface area contributed by atoms with Gasteiger partial charge in [0.1, 0.15) is 0 Å². The molecule has 0 radical (unpaired) electrons. The van der Waals surface area contributed by atoms with Crippen LogP contribution in [-0.4, -0.2) is 0 Å². The number of ether oxygens (including phenoxy) is 1. The predicted molar refractivity (Wildman–Crippen MR) is 115 cm³/mol. The summed E-state index contributed by atoms with van der Waals surface area (Å²) in [5.41, 5.74) is 8.27. The van der Waals surface area contributed by atoms with Gasteiger partial charge in [0.15, 0.2) is 0 Å². The maximum absolute atomic E-state index is 6.06. The van der Waals surface area contributed by atoms with Gasteiger partial charge >= 0.3 is 0 Å². The van der Waals surface area contributed by atoms with Crippen LogP contribution >= 0.6 is 0 Å². The highest BCUT2D eigenvalue weighted by Crippen LogP contribution is 2.37. The Morgan fingerprint density at radius 2 is 1.19 bits per heavy atom. The van der Waals surface area contributed by atoms with Crippen molar-refractivity contribution in [3.05, 3.63) is 70.8 Å². The number of benzene rings is 3. The number of rotatable bonds is 0. The van der Waals surface area contributed by atoms with Crippen molar-refractivity contribution in [2.75, 3.05) is 0 Å². The minimum Gasteiger partial charge on any atom is -0.372 e. The van der Waals surface area contributed by atoms with Gasteiger partial charge in [0.2, 0.25) is 0 Å². The molecule has 1 heteroatoms. The van der Waals surface area contributed by atoms with Gasteiger partial charge in [-0.2, -0.15) is 0 Å². The molecule has 3 aromatic carbocycles. The molecule has 0 unspecified atom stereocenters. The highest BCUT2D eigenvalue weighted by Gasteiger charge is 2.20. The summed E-state index contributed by atoms with van der Waals surface area (Å²) in [6, 6.07) is 18.5. The van der Waals surface area contributed by atoms with Crippen LogP contribution in [0.2, 0.25) is 0 Å². The third kappa shape index (κ3) is 3.41. The Morgan fingerprint density at radius 3 is 1.85 bits per heavy atom. The lowest BCUT2D eigenvalue weighted by molar-refractivity contribution is 0.110. The summed E-state index contributed by atoms with van der Waals surface area (Å²) in [4.78, 5) is 0. The van der Waals surface area contributed by atoms with Crippen LogP contribution in [0.4, 0.5) is 0 Å². The Hall–Kier alpha value is -2.12. The summed E-state index contributed by atoms with van der Waals surface area (Å²) < 4.78 is 6.06. The quantitative estimate of drug-likeness (QED) is 0.415. The van der Waals surface area contributed by atoms with Crippen LogP contribution in [0.15, 0.2) is 48.5 Å². The molecule has 0 atom stereocenters. The molecule has 0 saturated carbocycles. The van der Waals surface area contributed by atoms with E-state index in [0.717, 1.165) is 0 Å². The van der Waals surface area contributed by atoms with Gasteiger partial charge in [0.05, 0.1) is 13.2 Å². The summed E-state index contributed by atoms with van der Waals surface area (Å²) in [5.74, 6) is 0. The van der Waals surface area contributed by atoms with E-state index in [-0.39, 0.29) is 10.8 Å². The molecule has 1 aliphatic rings. The van der Waals surface area contributed by atoms with Crippen LogP contribution in [0.25, 0.3) is 21.9 Å². The average molecular weight is 359 g/mol. The van der Waals surface area contributed by atoms with Crippen LogP contribution < -0.4 is 0 Å². The largest absolute Gasteiger partial charge is 0.372 e. The second-order valence-electron chi connectivity index (χ2n) is 9.94. The van der Waals surface area contributed by atoms with Gasteiger partial charge in [-0.3, -0.25) is 0 Å². The average Bonchev–Trinajstić information content (AvgIpc) is 2.76. The molecule has 0 aromatic heterocycles. The fraction of sp³-hybridized carbons (Fsp3) is 0.385. The SMILES string of the molecule is CC(C)(C)c1ccc2c(c1)COCc1cc3cc(C(C)(C)C)ccc3cc1-2. The van der Waals surface area contributed by atoms with Crippen LogP contribution in [0.3, 0.4) is 0 Å². The van der Waals surface area contributed by atoms with Crippen LogP contribution in [0.5, 0.6) is 0 Å². The number of fused-ring (bicyclic) bond motifs is 4. The molecule has 4 rings (SSSR count). The molecule has 0 amide bonds. The zero-order valence-electron chi connectivity index (χ0n) is 17.4. The van der Waals surface area contributed by atoms with E-state index in [9.17, 15) is 0 Å². The van der Waals surface area contributed by atoms with E-state index in [1.807, 2.05) is 0 Å². The van der Waals surface area contributed by atoms with Gasteiger partial charge in [-0.1, -0.05) is 77.9 Å². The van der Waals surface area contributed by atoms with E-state index >= 15 is 0 Å². The van der Waals surface area contributed by atoms with Gasteiger partial charge in [-0.05, 0) is 67.1 Å². The van der Waals surface area contributed by atoms with Gasteiger partial charge in [-0.15, -0.1) is 0 Å². The Morgan fingerprint density at radius 1 is 0.593 bits per heavy atom. The summed E-state index contributed by atoms with van der Waals surface area (Å²) in [5, 5.41) is 2.61. The summed E-state index contributed by atoms with van der Waals surface area (Å²) >= 11 is 0. The molecule has 0 fully saturated rings. The molecule has 0 saturated heterocycles. The minimum absolute atomic E-state index is 0.150. The van der Waals surface area contributed by atoms with Crippen molar-refractivity contribution >= 4 is 10.8 Å². The molecule has 0 spiro atoms. The maximum Gasteiger partial charge on any atom is 0.0727 e. The summed E-state index contributed by atoms with van der Waals surface area (Å²) in [7, 11) is 0. The second kappa shape index (κ2) is 6.21. The Bertz CT molecular complexity index is 1010. The normalized spacial score (nSPS) is 14.6. The van der Waals surface area contributed by atoms with Crippen LogP contribution in [0, 0.1) is 0 Å². The van der Waals surface area contributed by atoms with E-state index in [0.29, 0.717) is 13.2 Å². The first kappa shape index (κ1) is 18.3. The Labute approximate surface area is 163 Å². The predicted octanol–water partition coefficient (Wildman–Crippen LogP) is 7.13. The third-order valence-electron chi connectivity index (χ3n) is 5.70. The zero-order valence-corrected chi connectivity index (χ0v) is 17.4. The van der Waals surface area contributed by atoms with Crippen molar-refractivity contribution in [2.45, 2.75) is 65.6 Å². The first-order chi connectivity index (χ1) is 12.6. The lowest BCUT2D eigenvalue weighted by Gasteiger charge is -2.21. The lowest BCUT2D eigenvalue weighted by atomic mass is 9.83.